The average molecular weight is 288 g/mol. The van der Waals surface area contributed by atoms with Gasteiger partial charge < -0.3 is 10.1 Å². The summed E-state index contributed by atoms with van der Waals surface area (Å²) in [6.07, 6.45) is 3.29. The second-order valence-electron chi connectivity index (χ2n) is 5.55. The van der Waals surface area contributed by atoms with Gasteiger partial charge in [-0.25, -0.2) is 0 Å². The Bertz CT molecular complexity index is 508. The van der Waals surface area contributed by atoms with Crippen LogP contribution in [-0.4, -0.2) is 37.0 Å². The van der Waals surface area contributed by atoms with E-state index < -0.39 is 0 Å². The lowest BCUT2D eigenvalue weighted by Crippen LogP contribution is -2.39. The zero-order chi connectivity index (χ0) is 15.2. The third-order valence-electron chi connectivity index (χ3n) is 3.80. The van der Waals surface area contributed by atoms with Crippen LogP contribution >= 0.6 is 0 Å². The van der Waals surface area contributed by atoms with Crippen molar-refractivity contribution in [2.24, 2.45) is 0 Å². The molecule has 1 aliphatic heterocycles. The molecule has 0 spiro atoms. The molecule has 21 heavy (non-hydrogen) atoms. The number of methoxy groups -OCH3 is 1. The van der Waals surface area contributed by atoms with Crippen LogP contribution in [0.4, 0.5) is 0 Å². The normalized spacial score (nSPS) is 17.0. The zero-order valence-corrected chi connectivity index (χ0v) is 13.1. The van der Waals surface area contributed by atoms with E-state index in [-0.39, 0.29) is 11.9 Å². The molecule has 1 aromatic carbocycles. The molecule has 0 fully saturated rings. The number of carbonyl (C=O) groups is 1. The van der Waals surface area contributed by atoms with Crippen molar-refractivity contribution < 1.29 is 9.53 Å². The summed E-state index contributed by atoms with van der Waals surface area (Å²) in [4.78, 5) is 13.6. The molecule has 1 heterocycles. The van der Waals surface area contributed by atoms with Gasteiger partial charge in [-0.3, -0.25) is 9.69 Å². The van der Waals surface area contributed by atoms with E-state index in [1.54, 1.807) is 14.0 Å². The summed E-state index contributed by atoms with van der Waals surface area (Å²) in [5.74, 6) is 0.910. The monoisotopic (exact) mass is 288 g/mol. The molecule has 0 saturated heterocycles. The van der Waals surface area contributed by atoms with Crippen molar-refractivity contribution in [3.8, 4) is 5.75 Å². The second kappa shape index (κ2) is 7.27. The van der Waals surface area contributed by atoms with Gasteiger partial charge in [0.15, 0.2) is 0 Å². The number of nitrogens with one attached hydrogen (secondary N) is 1. The van der Waals surface area contributed by atoms with E-state index in [4.69, 9.17) is 4.74 Å². The highest BCUT2D eigenvalue weighted by atomic mass is 16.5. The van der Waals surface area contributed by atoms with Crippen molar-refractivity contribution in [1.82, 2.24) is 10.2 Å². The van der Waals surface area contributed by atoms with E-state index in [0.29, 0.717) is 0 Å². The minimum Gasteiger partial charge on any atom is -0.497 e. The Kier molecular flexibility index (Phi) is 5.39. The highest BCUT2D eigenvalue weighted by molar-refractivity contribution is 5.73. The molecule has 2 rings (SSSR count). The van der Waals surface area contributed by atoms with E-state index in [1.807, 2.05) is 19.1 Å². The molecule has 0 aromatic heterocycles. The highest BCUT2D eigenvalue weighted by Crippen LogP contribution is 2.18. The Morgan fingerprint density at radius 3 is 2.71 bits per heavy atom. The van der Waals surface area contributed by atoms with E-state index in [1.165, 1.54) is 11.1 Å². The molecule has 1 amide bonds. The third kappa shape index (κ3) is 4.60. The molecular weight excluding hydrogens is 264 g/mol. The lowest BCUT2D eigenvalue weighted by molar-refractivity contribution is -0.119. The van der Waals surface area contributed by atoms with Crippen molar-refractivity contribution in [3.63, 3.8) is 0 Å². The Hall–Kier alpha value is -1.81. The average Bonchev–Trinajstić information content (AvgIpc) is 2.47. The van der Waals surface area contributed by atoms with Gasteiger partial charge in [0.05, 0.1) is 7.11 Å². The molecule has 1 aromatic rings. The van der Waals surface area contributed by atoms with Crippen LogP contribution in [0.5, 0.6) is 5.75 Å². The SMILES string of the molecule is COc1ccc(CN2CCC=C([C@@H](C)NC(C)=O)C2)cc1. The second-order valence-corrected chi connectivity index (χ2v) is 5.55. The van der Waals surface area contributed by atoms with Crippen LogP contribution in [0.3, 0.4) is 0 Å². The minimum atomic E-state index is 0.0238. The fourth-order valence-electron chi connectivity index (χ4n) is 2.67. The maximum Gasteiger partial charge on any atom is 0.217 e. The molecule has 1 N–H and O–H groups in total. The van der Waals surface area contributed by atoms with Crippen LogP contribution in [0.2, 0.25) is 0 Å². The molecule has 0 unspecified atom stereocenters. The Morgan fingerprint density at radius 2 is 2.10 bits per heavy atom. The van der Waals surface area contributed by atoms with Crippen LogP contribution in [0.25, 0.3) is 0 Å². The van der Waals surface area contributed by atoms with Gasteiger partial charge in [0.2, 0.25) is 5.91 Å². The summed E-state index contributed by atoms with van der Waals surface area (Å²) in [5, 5.41) is 2.96. The van der Waals surface area contributed by atoms with Crippen molar-refractivity contribution in [2.75, 3.05) is 20.2 Å². The van der Waals surface area contributed by atoms with E-state index in [0.717, 1.165) is 31.8 Å². The predicted octanol–water partition coefficient (Wildman–Crippen LogP) is 2.35. The smallest absolute Gasteiger partial charge is 0.217 e. The number of nitrogens with zero attached hydrogens (tertiary/aromatic N) is 1. The first kappa shape index (κ1) is 15.6. The van der Waals surface area contributed by atoms with Crippen molar-refractivity contribution in [3.05, 3.63) is 41.5 Å². The quantitative estimate of drug-likeness (QED) is 0.846. The minimum absolute atomic E-state index is 0.0238. The molecule has 0 bridgehead atoms. The number of carbonyl (C=O) groups excluding carboxylic acids is 1. The number of rotatable bonds is 5. The maximum atomic E-state index is 11.2. The molecule has 4 nitrogen and oxygen atoms in total. The number of hydrogen-bond acceptors (Lipinski definition) is 3. The highest BCUT2D eigenvalue weighted by Gasteiger charge is 2.17. The maximum absolute atomic E-state index is 11.2. The largest absolute Gasteiger partial charge is 0.497 e. The van der Waals surface area contributed by atoms with E-state index >= 15 is 0 Å². The Labute approximate surface area is 126 Å². The van der Waals surface area contributed by atoms with Gasteiger partial charge in [-0.05, 0) is 36.6 Å². The fourth-order valence-corrected chi connectivity index (χ4v) is 2.67. The van der Waals surface area contributed by atoms with Gasteiger partial charge in [0.1, 0.15) is 5.75 Å². The fraction of sp³-hybridized carbons (Fsp3) is 0.471. The molecule has 0 aliphatic carbocycles. The first-order valence-electron chi connectivity index (χ1n) is 7.40. The number of hydrogen-bond donors (Lipinski definition) is 1. The summed E-state index contributed by atoms with van der Waals surface area (Å²) >= 11 is 0. The van der Waals surface area contributed by atoms with Crippen molar-refractivity contribution >= 4 is 5.91 Å². The molecule has 1 aliphatic rings. The van der Waals surface area contributed by atoms with E-state index in [2.05, 4.69) is 28.4 Å². The third-order valence-corrected chi connectivity index (χ3v) is 3.80. The van der Waals surface area contributed by atoms with Gasteiger partial charge in [-0.2, -0.15) is 0 Å². The van der Waals surface area contributed by atoms with Crippen LogP contribution in [-0.2, 0) is 11.3 Å². The van der Waals surface area contributed by atoms with Gasteiger partial charge in [0, 0.05) is 32.6 Å². The van der Waals surface area contributed by atoms with Crippen LogP contribution < -0.4 is 10.1 Å². The predicted molar refractivity (Wildman–Crippen MR) is 84.2 cm³/mol. The number of benzene rings is 1. The summed E-state index contributed by atoms with van der Waals surface area (Å²) in [7, 11) is 1.68. The van der Waals surface area contributed by atoms with Crippen LogP contribution in [0.15, 0.2) is 35.9 Å². The van der Waals surface area contributed by atoms with Crippen molar-refractivity contribution in [2.45, 2.75) is 32.9 Å². The molecule has 0 saturated carbocycles. The lowest BCUT2D eigenvalue weighted by atomic mass is 10.0. The lowest BCUT2D eigenvalue weighted by Gasteiger charge is -2.30. The molecular formula is C17H24N2O2. The summed E-state index contributed by atoms with van der Waals surface area (Å²) in [6, 6.07) is 8.31. The zero-order valence-electron chi connectivity index (χ0n) is 13.1. The summed E-state index contributed by atoms with van der Waals surface area (Å²) in [6.45, 7) is 6.50. The first-order valence-corrected chi connectivity index (χ1v) is 7.40. The van der Waals surface area contributed by atoms with Gasteiger partial charge >= 0.3 is 0 Å². The Balaban J connectivity index is 1.93. The molecule has 114 valence electrons. The van der Waals surface area contributed by atoms with Gasteiger partial charge in [0.25, 0.3) is 0 Å². The Morgan fingerprint density at radius 1 is 1.38 bits per heavy atom. The van der Waals surface area contributed by atoms with Gasteiger partial charge in [-0.15, -0.1) is 0 Å². The molecule has 0 radical (unpaired) electrons. The topological polar surface area (TPSA) is 41.6 Å². The van der Waals surface area contributed by atoms with Crippen molar-refractivity contribution in [1.29, 1.82) is 0 Å². The van der Waals surface area contributed by atoms with Gasteiger partial charge in [-0.1, -0.05) is 18.2 Å². The number of ether oxygens (including phenoxy) is 1. The van der Waals surface area contributed by atoms with Crippen LogP contribution in [0.1, 0.15) is 25.8 Å². The molecule has 1 atom stereocenters. The number of amides is 1. The first-order chi connectivity index (χ1) is 10.1. The summed E-state index contributed by atoms with van der Waals surface area (Å²) in [5.41, 5.74) is 2.58. The van der Waals surface area contributed by atoms with Crippen LogP contribution in [0, 0.1) is 0 Å². The standard InChI is InChI=1S/C17H24N2O2/c1-13(18-14(2)20)16-5-4-10-19(12-16)11-15-6-8-17(21-3)9-7-15/h5-9,13H,4,10-12H2,1-3H3,(H,18,20)/t13-/m1/s1. The van der Waals surface area contributed by atoms with E-state index in [9.17, 15) is 4.79 Å². The summed E-state index contributed by atoms with van der Waals surface area (Å²) < 4.78 is 5.18. The molecule has 4 heteroatoms.